The highest BCUT2D eigenvalue weighted by Gasteiger charge is 2.50. The van der Waals surface area contributed by atoms with Crippen molar-refractivity contribution in [1.29, 1.82) is 0 Å². The molecule has 2 heterocycles. The van der Waals surface area contributed by atoms with Crippen molar-refractivity contribution in [1.82, 2.24) is 0 Å². The van der Waals surface area contributed by atoms with Gasteiger partial charge in [0.1, 0.15) is 6.04 Å². The highest BCUT2D eigenvalue weighted by atomic mass is 16.6. The van der Waals surface area contributed by atoms with Gasteiger partial charge in [-0.3, -0.25) is 0 Å². The van der Waals surface area contributed by atoms with Gasteiger partial charge in [0.05, 0.1) is 13.1 Å². The summed E-state index contributed by atoms with van der Waals surface area (Å²) in [6, 6.07) is -0.233. The smallest absolute Gasteiger partial charge is 0.333 e. The van der Waals surface area contributed by atoms with Gasteiger partial charge < -0.3 is 14.6 Å². The van der Waals surface area contributed by atoms with Gasteiger partial charge in [0.2, 0.25) is 0 Å². The van der Waals surface area contributed by atoms with E-state index in [0.29, 0.717) is 25.1 Å². The lowest BCUT2D eigenvalue weighted by Gasteiger charge is -2.39. The first-order chi connectivity index (χ1) is 7.98. The van der Waals surface area contributed by atoms with Crippen LogP contribution in [0.2, 0.25) is 0 Å². The Morgan fingerprint density at radius 2 is 2.29 bits per heavy atom. The van der Waals surface area contributed by atoms with Crippen molar-refractivity contribution < 1.29 is 14.2 Å². The van der Waals surface area contributed by atoms with Crippen LogP contribution < -0.4 is 0 Å². The van der Waals surface area contributed by atoms with Crippen molar-refractivity contribution >= 4 is 5.97 Å². The van der Waals surface area contributed by atoms with Crippen LogP contribution >= 0.6 is 0 Å². The average molecular weight is 237 g/mol. The van der Waals surface area contributed by atoms with Crippen molar-refractivity contribution in [2.24, 2.45) is 0 Å². The lowest BCUT2D eigenvalue weighted by Crippen LogP contribution is -2.45. The number of allylic oxidation sites excluding steroid dienone is 1. The van der Waals surface area contributed by atoms with E-state index >= 15 is 0 Å². The van der Waals surface area contributed by atoms with Crippen LogP contribution in [0.5, 0.6) is 0 Å². The molecule has 0 aliphatic carbocycles. The first-order valence-electron chi connectivity index (χ1n) is 6.07. The number of quaternary nitrogens is 1. The molecule has 0 amide bonds. The standard InChI is InChI=1S/C13H19NO3/c1-4-9(2)13(15)17-11-6-8-14(16)7-5-10(3)12(11)14/h4,11-12H,3,5-8H2,1-2H3/b9-4-/t11-,12+,14?/m0/s1. The maximum Gasteiger partial charge on any atom is 0.333 e. The SMILES string of the molecule is C=C1CC[N+]2([O-])CC[C@H](OC(=O)/C(C)=C\C)[C@@H]12. The molecule has 2 aliphatic rings. The van der Waals surface area contributed by atoms with Gasteiger partial charge in [-0.05, 0) is 19.4 Å². The summed E-state index contributed by atoms with van der Waals surface area (Å²) in [6.07, 6.45) is 2.84. The molecule has 0 spiro atoms. The predicted octanol–water partition coefficient (Wildman–Crippen LogP) is 1.91. The number of nitrogens with zero attached hydrogens (tertiary/aromatic N) is 1. The fraction of sp³-hybridized carbons (Fsp3) is 0.615. The molecule has 2 fully saturated rings. The Labute approximate surface area is 102 Å². The maximum atomic E-state index is 12.4. The summed E-state index contributed by atoms with van der Waals surface area (Å²) in [5.41, 5.74) is 1.53. The Morgan fingerprint density at radius 3 is 2.94 bits per heavy atom. The van der Waals surface area contributed by atoms with E-state index < -0.39 is 0 Å². The predicted molar refractivity (Wildman–Crippen MR) is 64.8 cm³/mol. The van der Waals surface area contributed by atoms with Crippen molar-refractivity contribution in [2.45, 2.75) is 38.8 Å². The Hall–Kier alpha value is -1.13. The van der Waals surface area contributed by atoms with Crippen LogP contribution in [0, 0.1) is 5.21 Å². The second kappa shape index (κ2) is 4.27. The Kier molecular flexibility index (Phi) is 3.10. The maximum absolute atomic E-state index is 12.4. The molecule has 4 nitrogen and oxygen atoms in total. The minimum absolute atomic E-state index is 0.233. The summed E-state index contributed by atoms with van der Waals surface area (Å²) in [4.78, 5) is 11.7. The number of carbonyl (C=O) groups is 1. The van der Waals surface area contributed by atoms with Crippen LogP contribution in [0.4, 0.5) is 0 Å². The van der Waals surface area contributed by atoms with Gasteiger partial charge in [0.15, 0.2) is 6.10 Å². The largest absolute Gasteiger partial charge is 0.632 e. The van der Waals surface area contributed by atoms with E-state index in [1.807, 2.05) is 0 Å². The molecule has 2 rings (SSSR count). The lowest BCUT2D eigenvalue weighted by molar-refractivity contribution is -0.878. The molecular formula is C13H19NO3. The second-order valence-electron chi connectivity index (χ2n) is 4.96. The molecule has 0 radical (unpaired) electrons. The average Bonchev–Trinajstić information content (AvgIpc) is 2.77. The molecule has 0 aromatic heterocycles. The zero-order valence-corrected chi connectivity index (χ0v) is 10.4. The van der Waals surface area contributed by atoms with E-state index in [1.165, 1.54) is 0 Å². The number of hydrogen-bond acceptors (Lipinski definition) is 3. The summed E-state index contributed by atoms with van der Waals surface area (Å²) in [5.74, 6) is -0.314. The second-order valence-corrected chi connectivity index (χ2v) is 4.96. The third-order valence-electron chi connectivity index (χ3n) is 3.89. The Morgan fingerprint density at radius 1 is 1.59 bits per heavy atom. The fourth-order valence-corrected chi connectivity index (χ4v) is 2.74. The zero-order valence-electron chi connectivity index (χ0n) is 10.4. The summed E-state index contributed by atoms with van der Waals surface area (Å²) < 4.78 is 5.19. The van der Waals surface area contributed by atoms with Crippen molar-refractivity contribution in [3.63, 3.8) is 0 Å². The molecule has 3 atom stereocenters. The number of hydroxylamine groups is 3. The normalized spacial score (nSPS) is 37.1. The third-order valence-corrected chi connectivity index (χ3v) is 3.89. The number of carbonyl (C=O) groups excluding carboxylic acids is 1. The summed E-state index contributed by atoms with van der Waals surface area (Å²) in [5, 5.41) is 12.4. The van der Waals surface area contributed by atoms with Crippen LogP contribution in [-0.4, -0.2) is 35.9 Å². The van der Waals surface area contributed by atoms with Gasteiger partial charge in [0.25, 0.3) is 0 Å². The summed E-state index contributed by atoms with van der Waals surface area (Å²) >= 11 is 0. The molecule has 1 unspecified atom stereocenters. The van der Waals surface area contributed by atoms with Crippen LogP contribution in [0.25, 0.3) is 0 Å². The van der Waals surface area contributed by atoms with E-state index in [-0.39, 0.29) is 22.8 Å². The van der Waals surface area contributed by atoms with E-state index in [1.54, 1.807) is 19.9 Å². The summed E-state index contributed by atoms with van der Waals surface area (Å²) in [6.45, 7) is 8.59. The van der Waals surface area contributed by atoms with Crippen LogP contribution in [-0.2, 0) is 9.53 Å². The highest BCUT2D eigenvalue weighted by molar-refractivity contribution is 5.87. The molecule has 2 saturated heterocycles. The topological polar surface area (TPSA) is 49.4 Å². The Balaban J connectivity index is 2.09. The van der Waals surface area contributed by atoms with Crippen molar-refractivity contribution in [3.8, 4) is 0 Å². The molecule has 2 aliphatic heterocycles. The van der Waals surface area contributed by atoms with Gasteiger partial charge in [-0.25, -0.2) is 4.79 Å². The Bertz CT molecular complexity index is 388. The van der Waals surface area contributed by atoms with Gasteiger partial charge in [-0.1, -0.05) is 12.7 Å². The van der Waals surface area contributed by atoms with Gasteiger partial charge >= 0.3 is 5.97 Å². The molecule has 17 heavy (non-hydrogen) atoms. The van der Waals surface area contributed by atoms with E-state index in [0.717, 1.165) is 12.0 Å². The fourth-order valence-electron chi connectivity index (χ4n) is 2.74. The number of esters is 1. The number of rotatable bonds is 2. The van der Waals surface area contributed by atoms with E-state index in [2.05, 4.69) is 6.58 Å². The first kappa shape index (κ1) is 12.3. The van der Waals surface area contributed by atoms with Crippen LogP contribution in [0.15, 0.2) is 23.8 Å². The number of hydrogen-bond donors (Lipinski definition) is 0. The minimum atomic E-state index is -0.314. The zero-order chi connectivity index (χ0) is 12.6. The highest BCUT2D eigenvalue weighted by Crippen LogP contribution is 2.39. The molecule has 4 heteroatoms. The van der Waals surface area contributed by atoms with E-state index in [4.69, 9.17) is 4.74 Å². The molecule has 0 aromatic rings. The summed E-state index contributed by atoms with van der Waals surface area (Å²) in [7, 11) is 0. The molecular weight excluding hydrogens is 218 g/mol. The minimum Gasteiger partial charge on any atom is -0.632 e. The third kappa shape index (κ3) is 2.03. The molecule has 0 aromatic carbocycles. The van der Waals surface area contributed by atoms with E-state index in [9.17, 15) is 10.0 Å². The van der Waals surface area contributed by atoms with Gasteiger partial charge in [-0.2, -0.15) is 0 Å². The van der Waals surface area contributed by atoms with Crippen molar-refractivity contribution in [3.05, 3.63) is 29.0 Å². The molecule has 94 valence electrons. The monoisotopic (exact) mass is 237 g/mol. The number of ether oxygens (including phenoxy) is 1. The van der Waals surface area contributed by atoms with Crippen LogP contribution in [0.1, 0.15) is 26.7 Å². The van der Waals surface area contributed by atoms with Crippen LogP contribution in [0.3, 0.4) is 0 Å². The lowest BCUT2D eigenvalue weighted by atomic mass is 10.0. The molecule has 0 N–H and O–H groups in total. The quantitative estimate of drug-likeness (QED) is 0.242. The molecule has 0 saturated carbocycles. The van der Waals surface area contributed by atoms with Crippen molar-refractivity contribution in [2.75, 3.05) is 13.1 Å². The number of fused-ring (bicyclic) bond motifs is 1. The van der Waals surface area contributed by atoms with Gasteiger partial charge in [0, 0.05) is 18.4 Å². The van der Waals surface area contributed by atoms with Gasteiger partial charge in [-0.15, -0.1) is 0 Å². The molecule has 0 bridgehead atoms. The first-order valence-corrected chi connectivity index (χ1v) is 6.07.